The zero-order valence-corrected chi connectivity index (χ0v) is 36.8. The highest BCUT2D eigenvalue weighted by Gasteiger charge is 2.47. The van der Waals surface area contributed by atoms with E-state index in [4.69, 9.17) is 0 Å². The molecule has 0 bridgehead atoms. The van der Waals surface area contributed by atoms with Gasteiger partial charge >= 0.3 is 49.4 Å². The van der Waals surface area contributed by atoms with E-state index in [1.54, 1.807) is 42.6 Å². The van der Waals surface area contributed by atoms with Crippen LogP contribution in [0.1, 0.15) is 65.4 Å². The van der Waals surface area contributed by atoms with Crippen molar-refractivity contribution in [3.05, 3.63) is 183 Å². The maximum absolute atomic E-state index is 14.2. The van der Waals surface area contributed by atoms with E-state index in [1.165, 1.54) is 10.6 Å². The second-order valence-corrected chi connectivity index (χ2v) is 16.3. The maximum Gasteiger partial charge on any atom is 0.416 e. The second-order valence-electron chi connectivity index (χ2n) is 16.3. The Morgan fingerprint density at radius 1 is 0.342 bits per heavy atom. The van der Waals surface area contributed by atoms with Gasteiger partial charge in [-0.1, -0.05) is 78.9 Å². The largest absolute Gasteiger partial charge is 0.416 e. The van der Waals surface area contributed by atoms with Crippen molar-refractivity contribution in [2.75, 3.05) is 6.67 Å². The number of carbonyl (C=O) groups excluding carboxylic acids is 2. The minimum atomic E-state index is -6.13. The first-order valence-corrected chi connectivity index (χ1v) is 20.5. The molecule has 0 aliphatic heterocycles. The summed E-state index contributed by atoms with van der Waals surface area (Å²) in [6.45, 7) is -1.05. The molecule has 76 heavy (non-hydrogen) atoms. The van der Waals surface area contributed by atoms with Crippen molar-refractivity contribution >= 4 is 39.6 Å². The summed E-state index contributed by atoms with van der Waals surface area (Å²) in [6, 6.07) is 4.84. The summed E-state index contributed by atoms with van der Waals surface area (Å²) in [7, 11) is 0. The normalized spacial score (nSPS) is 13.3. The van der Waals surface area contributed by atoms with E-state index in [0.717, 1.165) is 0 Å². The van der Waals surface area contributed by atoms with E-state index in [9.17, 15) is 119 Å². The number of carbonyl (C=O) groups is 2. The first-order chi connectivity index (χ1) is 34.5. The Labute approximate surface area is 409 Å². The summed E-state index contributed by atoms with van der Waals surface area (Å²) in [4.78, 5) is 23.5. The van der Waals surface area contributed by atoms with Gasteiger partial charge in [-0.25, -0.2) is 4.39 Å². The zero-order valence-electron chi connectivity index (χ0n) is 36.8. The Balaban J connectivity index is 0.000000468. The summed E-state index contributed by atoms with van der Waals surface area (Å²) in [6.07, 6.45) is -53.2. The Morgan fingerprint density at radius 3 is 0.829 bits per heavy atom. The number of hydrogen-bond acceptors (Lipinski definition) is 2. The number of aromatic nitrogens is 1. The molecule has 0 aliphatic carbocycles. The molecule has 3 nitrogen and oxygen atoms in total. The number of pyridine rings is 1. The van der Waals surface area contributed by atoms with Gasteiger partial charge in [-0.15, -0.1) is 0 Å². The Morgan fingerprint density at radius 2 is 0.592 bits per heavy atom. The highest BCUT2D eigenvalue weighted by Crippen LogP contribution is 2.41. The van der Waals surface area contributed by atoms with Gasteiger partial charge in [-0.2, -0.15) is 132 Å². The summed E-state index contributed by atoms with van der Waals surface area (Å²) in [5.41, 5.74) is -29.4. The van der Waals surface area contributed by atoms with Crippen LogP contribution in [-0.4, -0.2) is 24.4 Å². The van der Waals surface area contributed by atoms with Crippen LogP contribution in [0.2, 0.25) is 0 Å². The molecule has 29 heteroatoms. The highest BCUT2D eigenvalue weighted by molar-refractivity contribution is 7.20. The van der Waals surface area contributed by atoms with E-state index in [2.05, 4.69) is 0 Å². The molecule has 0 N–H and O–H groups in total. The van der Waals surface area contributed by atoms with Gasteiger partial charge in [0.2, 0.25) is 12.3 Å². The standard InChI is InChI=1S/C32H12BF24.C15H13FNO2/c34-25(35,36)13-1-14(26(37,38)39)6-21(5-13)33(22-7-15(27(40,41)42)2-16(8-22)28(43,44)45,23-9-17(29(46,47)48)3-18(10-23)30(49,50)51)24-11-19(31(52,53)54)4-20(12-24)32(55,56)57;16-10-14(18)13-8-4-5-9-17(13)11-15(19)12-6-2-1-3-7-12/h1-12H;1-9H,10-11H2/q-1;+1. The molecule has 0 aliphatic rings. The third-order valence-electron chi connectivity index (χ3n) is 11.2. The fourth-order valence-electron chi connectivity index (χ4n) is 7.88. The lowest BCUT2D eigenvalue weighted by atomic mass is 9.12. The SMILES string of the molecule is FC(F)(F)c1cc([B-](c2cc(C(F)(F)F)cc(C(F)(F)F)c2)(c2cc(C(F)(F)F)cc(C(F)(F)F)c2)c2cc(C(F)(F)F)cc(C(F)(F)F)c2)cc(C(F)(F)F)c1.O=C(C[n+]1ccccc1C(=O)CF)c1ccccc1. The molecule has 0 spiro atoms. The smallest absolute Gasteiger partial charge is 0.287 e. The predicted molar refractivity (Wildman–Crippen MR) is 218 cm³/mol. The molecular formula is C47H25BF25NO2. The van der Waals surface area contributed by atoms with Crippen molar-refractivity contribution < 1.29 is 124 Å². The van der Waals surface area contributed by atoms with Gasteiger partial charge in [-0.3, -0.25) is 9.59 Å². The van der Waals surface area contributed by atoms with Crippen molar-refractivity contribution in [2.45, 2.75) is 56.0 Å². The van der Waals surface area contributed by atoms with Crippen LogP contribution in [0, 0.1) is 0 Å². The molecule has 0 fully saturated rings. The number of hydrogen-bond donors (Lipinski definition) is 0. The van der Waals surface area contributed by atoms with Crippen LogP contribution in [0.15, 0.2) is 128 Å². The minimum absolute atomic E-state index is 0.0198. The average molecular weight is 1120 g/mol. The summed E-state index contributed by atoms with van der Waals surface area (Å²) in [5, 5.41) is 0. The van der Waals surface area contributed by atoms with Crippen LogP contribution >= 0.6 is 0 Å². The van der Waals surface area contributed by atoms with Crippen LogP contribution in [0.3, 0.4) is 0 Å². The molecule has 1 heterocycles. The Kier molecular flexibility index (Phi) is 16.4. The number of Topliss-reactive ketones (excluding diaryl/α,β-unsaturated/α-hetero) is 2. The molecule has 408 valence electrons. The number of rotatable bonds is 9. The topological polar surface area (TPSA) is 38.0 Å². The molecule has 0 unspecified atom stereocenters. The van der Waals surface area contributed by atoms with Crippen LogP contribution in [0.4, 0.5) is 110 Å². The van der Waals surface area contributed by atoms with Gasteiger partial charge in [-0.05, 0) is 30.3 Å². The van der Waals surface area contributed by atoms with E-state index < -0.39 is 207 Å². The Bertz CT molecular complexity index is 2650. The molecule has 6 rings (SSSR count). The first-order valence-electron chi connectivity index (χ1n) is 20.5. The van der Waals surface area contributed by atoms with Crippen LogP contribution in [-0.2, 0) is 56.0 Å². The number of alkyl halides is 25. The van der Waals surface area contributed by atoms with Gasteiger partial charge in [0.05, 0.1) is 44.5 Å². The van der Waals surface area contributed by atoms with Gasteiger partial charge in [0, 0.05) is 17.7 Å². The summed E-state index contributed by atoms with van der Waals surface area (Å²) >= 11 is 0. The van der Waals surface area contributed by atoms with Crippen LogP contribution < -0.4 is 26.4 Å². The average Bonchev–Trinajstić information content (AvgIpc) is 3.29. The van der Waals surface area contributed by atoms with Gasteiger partial charge in [0.25, 0.3) is 11.5 Å². The number of nitrogens with zero attached hydrogens (tertiary/aromatic N) is 1. The summed E-state index contributed by atoms with van der Waals surface area (Å²) < 4.78 is 355. The van der Waals surface area contributed by atoms with Crippen molar-refractivity contribution in [2.24, 2.45) is 0 Å². The maximum atomic E-state index is 14.2. The molecule has 0 saturated carbocycles. The number of benzene rings is 5. The molecular weight excluding hydrogens is 1100 g/mol. The first kappa shape index (κ1) is 59.8. The lowest BCUT2D eigenvalue weighted by molar-refractivity contribution is -0.685. The Hall–Kier alpha value is -7.10. The molecule has 1 aromatic heterocycles. The van der Waals surface area contributed by atoms with Gasteiger partial charge in [0.15, 0.2) is 12.9 Å². The van der Waals surface area contributed by atoms with E-state index in [0.29, 0.717) is 5.56 Å². The third-order valence-corrected chi connectivity index (χ3v) is 11.2. The molecule has 0 amide bonds. The molecule has 0 radical (unpaired) electrons. The minimum Gasteiger partial charge on any atom is -0.287 e. The molecule has 6 aromatic rings. The van der Waals surface area contributed by atoms with E-state index in [-0.39, 0.29) is 18.0 Å². The molecule has 0 saturated heterocycles. The van der Waals surface area contributed by atoms with Gasteiger partial charge in [0.1, 0.15) is 6.15 Å². The fraction of sp³-hybridized carbons (Fsp3) is 0.213. The van der Waals surface area contributed by atoms with Crippen LogP contribution in [0.25, 0.3) is 0 Å². The van der Waals surface area contributed by atoms with Crippen molar-refractivity contribution in [1.29, 1.82) is 0 Å². The lowest BCUT2D eigenvalue weighted by Crippen LogP contribution is -2.75. The predicted octanol–water partition coefficient (Wildman–Crippen LogP) is 13.2. The van der Waals surface area contributed by atoms with Crippen LogP contribution in [0.5, 0.6) is 0 Å². The van der Waals surface area contributed by atoms with Crippen molar-refractivity contribution in [3.8, 4) is 0 Å². The fourth-order valence-corrected chi connectivity index (χ4v) is 7.88. The van der Waals surface area contributed by atoms with E-state index >= 15 is 0 Å². The number of halogens is 25. The third kappa shape index (κ3) is 13.7. The van der Waals surface area contributed by atoms with Crippen molar-refractivity contribution in [1.82, 2.24) is 0 Å². The number of ketones is 2. The quantitative estimate of drug-likeness (QED) is 0.0626. The van der Waals surface area contributed by atoms with Crippen molar-refractivity contribution in [3.63, 3.8) is 0 Å². The molecule has 5 aromatic carbocycles. The zero-order chi connectivity index (χ0) is 57.6. The highest BCUT2D eigenvalue weighted by atomic mass is 19.4. The monoisotopic (exact) mass is 1120 g/mol. The van der Waals surface area contributed by atoms with E-state index in [1.807, 2.05) is 6.07 Å². The lowest BCUT2D eigenvalue weighted by Gasteiger charge is -2.46. The summed E-state index contributed by atoms with van der Waals surface area (Å²) in [5.74, 6) is -0.744. The second kappa shape index (κ2) is 20.8. The molecule has 0 atom stereocenters. The van der Waals surface area contributed by atoms with Gasteiger partial charge < -0.3 is 0 Å².